The maximum Gasteiger partial charge on any atom is 0.161 e. The molecule has 10 aromatic rings. The maximum atomic E-state index is 7.02. The third kappa shape index (κ3) is 5.06. The Morgan fingerprint density at radius 2 is 0.904 bits per heavy atom. The van der Waals surface area contributed by atoms with E-state index in [-0.39, 0.29) is 0 Å². The highest BCUT2D eigenvalue weighted by Gasteiger charge is 2.26. The molecular formula is C49H34N2O. The van der Waals surface area contributed by atoms with Gasteiger partial charge in [-0.25, -0.2) is 0 Å². The van der Waals surface area contributed by atoms with Crippen molar-refractivity contribution in [3.63, 3.8) is 0 Å². The first-order valence-corrected chi connectivity index (χ1v) is 17.7. The van der Waals surface area contributed by atoms with Gasteiger partial charge in [0.25, 0.3) is 0 Å². The van der Waals surface area contributed by atoms with E-state index >= 15 is 0 Å². The number of rotatable bonds is 6. The second-order valence-electron chi connectivity index (χ2n) is 13.5. The molecule has 10 rings (SSSR count). The largest absolute Gasteiger partial charge is 0.454 e. The molecule has 52 heavy (non-hydrogen) atoms. The van der Waals surface area contributed by atoms with E-state index in [9.17, 15) is 0 Å². The molecule has 0 unspecified atom stereocenters. The van der Waals surface area contributed by atoms with Gasteiger partial charge in [-0.05, 0) is 104 Å². The molecule has 0 atom stereocenters. The molecule has 0 fully saturated rings. The molecule has 0 N–H and O–H groups in total. The zero-order chi connectivity index (χ0) is 34.6. The summed E-state index contributed by atoms with van der Waals surface area (Å²) in [6.07, 6.45) is 0. The summed E-state index contributed by atoms with van der Waals surface area (Å²) in [5.41, 5.74) is 9.29. The van der Waals surface area contributed by atoms with E-state index in [0.29, 0.717) is 0 Å². The smallest absolute Gasteiger partial charge is 0.161 e. The van der Waals surface area contributed by atoms with Crippen molar-refractivity contribution in [2.45, 2.75) is 0 Å². The zero-order valence-corrected chi connectivity index (χ0v) is 28.7. The number of furan rings is 1. The molecule has 9 aromatic carbocycles. The van der Waals surface area contributed by atoms with Crippen molar-refractivity contribution in [2.75, 3.05) is 16.8 Å². The van der Waals surface area contributed by atoms with E-state index in [1.165, 1.54) is 38.1 Å². The van der Waals surface area contributed by atoms with Crippen molar-refractivity contribution in [3.8, 4) is 11.1 Å². The Hall–Kier alpha value is -6.84. The van der Waals surface area contributed by atoms with Crippen LogP contribution in [0, 0.1) is 0 Å². The van der Waals surface area contributed by atoms with E-state index in [4.69, 9.17) is 4.42 Å². The highest BCUT2D eigenvalue weighted by Crippen LogP contribution is 2.49. The molecule has 3 nitrogen and oxygen atoms in total. The van der Waals surface area contributed by atoms with Crippen LogP contribution in [0.5, 0.6) is 0 Å². The van der Waals surface area contributed by atoms with Gasteiger partial charge < -0.3 is 14.2 Å². The first kappa shape index (κ1) is 30.0. The Bertz CT molecular complexity index is 2930. The molecule has 246 valence electrons. The number of benzene rings is 9. The van der Waals surface area contributed by atoms with Crippen molar-refractivity contribution in [1.82, 2.24) is 0 Å². The first-order chi connectivity index (χ1) is 25.7. The quantitative estimate of drug-likeness (QED) is 0.176. The molecule has 0 aliphatic heterocycles. The van der Waals surface area contributed by atoms with Crippen LogP contribution in [0.25, 0.3) is 65.4 Å². The van der Waals surface area contributed by atoms with Crippen LogP contribution < -0.4 is 9.80 Å². The van der Waals surface area contributed by atoms with Crippen LogP contribution in [-0.2, 0) is 0 Å². The highest BCUT2D eigenvalue weighted by molar-refractivity contribution is 6.16. The predicted octanol–water partition coefficient (Wildman–Crippen LogP) is 14.0. The Kier molecular flexibility index (Phi) is 7.04. The molecule has 0 aliphatic rings. The van der Waals surface area contributed by atoms with Gasteiger partial charge in [0.15, 0.2) is 5.58 Å². The van der Waals surface area contributed by atoms with Gasteiger partial charge in [0.1, 0.15) is 11.3 Å². The van der Waals surface area contributed by atoms with Gasteiger partial charge in [0.05, 0.1) is 5.69 Å². The van der Waals surface area contributed by atoms with Gasteiger partial charge in [-0.2, -0.15) is 0 Å². The van der Waals surface area contributed by atoms with Crippen LogP contribution >= 0.6 is 0 Å². The van der Waals surface area contributed by atoms with Crippen molar-refractivity contribution < 1.29 is 4.42 Å². The topological polar surface area (TPSA) is 19.6 Å². The van der Waals surface area contributed by atoms with Gasteiger partial charge in [-0.1, -0.05) is 127 Å². The fourth-order valence-electron chi connectivity index (χ4n) is 7.67. The molecular weight excluding hydrogens is 633 g/mol. The van der Waals surface area contributed by atoms with E-state index in [1.54, 1.807) is 0 Å². The van der Waals surface area contributed by atoms with Crippen LogP contribution in [0.3, 0.4) is 0 Å². The average molecular weight is 667 g/mol. The number of anilines is 5. The highest BCUT2D eigenvalue weighted by atomic mass is 16.3. The standard InChI is InChI=1S/C49H34N2O/c1-50(42-25-21-34-13-5-7-15-37(34)29-42)46-28-27-44-45-31-39-17-9-10-18-40(39)32-47(45)52-49(44)48(46)51(43-26-22-35-14-6-8-16-38(35)30-43)41-23-19-36(20-24-41)33-11-3-2-4-12-33/h2-32H,1H3. The molecule has 1 heterocycles. The predicted molar refractivity (Wildman–Crippen MR) is 221 cm³/mol. The number of fused-ring (bicyclic) bond motifs is 6. The molecule has 0 saturated heterocycles. The fraction of sp³-hybridized carbons (Fsp3) is 0.0204. The van der Waals surface area contributed by atoms with Gasteiger partial charge in [-0.15, -0.1) is 0 Å². The monoisotopic (exact) mass is 666 g/mol. The van der Waals surface area contributed by atoms with Gasteiger partial charge >= 0.3 is 0 Å². The SMILES string of the molecule is CN(c1ccc2ccccc2c1)c1ccc2c(oc3cc4ccccc4cc32)c1N(c1ccc(-c2ccccc2)cc1)c1ccc2ccccc2c1. The van der Waals surface area contributed by atoms with Crippen LogP contribution in [0.15, 0.2) is 192 Å². The minimum absolute atomic E-state index is 0.843. The average Bonchev–Trinajstić information content (AvgIpc) is 3.57. The molecule has 0 aliphatic carbocycles. The van der Waals surface area contributed by atoms with Gasteiger partial charge in [0.2, 0.25) is 0 Å². The Morgan fingerprint density at radius 3 is 1.58 bits per heavy atom. The van der Waals surface area contributed by atoms with Crippen molar-refractivity contribution in [2.24, 2.45) is 0 Å². The molecule has 0 saturated carbocycles. The summed E-state index contributed by atoms with van der Waals surface area (Å²) in [4.78, 5) is 4.66. The van der Waals surface area contributed by atoms with Crippen LogP contribution in [0.1, 0.15) is 0 Å². The Morgan fingerprint density at radius 1 is 0.385 bits per heavy atom. The normalized spacial score (nSPS) is 11.6. The van der Waals surface area contributed by atoms with Crippen LogP contribution in [-0.4, -0.2) is 7.05 Å². The van der Waals surface area contributed by atoms with Gasteiger partial charge in [-0.3, -0.25) is 0 Å². The Labute approximate surface area is 302 Å². The fourth-order valence-corrected chi connectivity index (χ4v) is 7.67. The first-order valence-electron chi connectivity index (χ1n) is 17.7. The molecule has 3 heteroatoms. The summed E-state index contributed by atoms with van der Waals surface area (Å²) in [7, 11) is 2.16. The number of hydrogen-bond acceptors (Lipinski definition) is 3. The summed E-state index contributed by atoms with van der Waals surface area (Å²) < 4.78 is 7.02. The van der Waals surface area contributed by atoms with Crippen LogP contribution in [0.4, 0.5) is 28.4 Å². The minimum atomic E-state index is 0.843. The maximum absolute atomic E-state index is 7.02. The van der Waals surface area contributed by atoms with Crippen molar-refractivity contribution >= 4 is 82.7 Å². The lowest BCUT2D eigenvalue weighted by molar-refractivity contribution is 0.669. The number of nitrogens with zero attached hydrogens (tertiary/aromatic N) is 2. The third-order valence-electron chi connectivity index (χ3n) is 10.4. The zero-order valence-electron chi connectivity index (χ0n) is 28.7. The Balaban J connectivity index is 1.26. The van der Waals surface area contributed by atoms with Gasteiger partial charge in [0, 0.05) is 34.9 Å². The molecule has 1 aromatic heterocycles. The minimum Gasteiger partial charge on any atom is -0.454 e. The van der Waals surface area contributed by atoms with E-state index in [0.717, 1.165) is 55.8 Å². The molecule has 0 amide bonds. The van der Waals surface area contributed by atoms with Crippen molar-refractivity contribution in [1.29, 1.82) is 0 Å². The summed E-state index contributed by atoms with van der Waals surface area (Å²) in [5, 5.41) is 9.34. The summed E-state index contributed by atoms with van der Waals surface area (Å²) in [5.74, 6) is 0. The van der Waals surface area contributed by atoms with E-state index < -0.39 is 0 Å². The molecule has 0 spiro atoms. The summed E-state index contributed by atoms with van der Waals surface area (Å²) in [6.45, 7) is 0. The van der Waals surface area contributed by atoms with Crippen molar-refractivity contribution in [3.05, 3.63) is 188 Å². The third-order valence-corrected chi connectivity index (χ3v) is 10.4. The molecule has 0 bridgehead atoms. The van der Waals surface area contributed by atoms with E-state index in [1.807, 2.05) is 0 Å². The second-order valence-corrected chi connectivity index (χ2v) is 13.5. The lowest BCUT2D eigenvalue weighted by atomic mass is 10.0. The lowest BCUT2D eigenvalue weighted by Crippen LogP contribution is -2.17. The lowest BCUT2D eigenvalue weighted by Gasteiger charge is -2.31. The van der Waals surface area contributed by atoms with Crippen LogP contribution in [0.2, 0.25) is 0 Å². The molecule has 0 radical (unpaired) electrons. The summed E-state index contributed by atoms with van der Waals surface area (Å²) >= 11 is 0. The second kappa shape index (κ2) is 12.2. The van der Waals surface area contributed by atoms with E-state index in [2.05, 4.69) is 205 Å². The summed E-state index contributed by atoms with van der Waals surface area (Å²) in [6, 6.07) is 67.4. The number of hydrogen-bond donors (Lipinski definition) is 0.